The van der Waals surface area contributed by atoms with Gasteiger partial charge >= 0.3 is 0 Å². The number of hydrogen-bond acceptors (Lipinski definition) is 3. The van der Waals surface area contributed by atoms with Gasteiger partial charge in [-0.1, -0.05) is 37.3 Å². The van der Waals surface area contributed by atoms with Crippen LogP contribution in [0.5, 0.6) is 0 Å². The molecule has 1 aliphatic rings. The van der Waals surface area contributed by atoms with Crippen molar-refractivity contribution in [2.75, 3.05) is 26.8 Å². The zero-order valence-electron chi connectivity index (χ0n) is 10.9. The number of nitrogens with one attached hydrogen (secondary N) is 1. The van der Waals surface area contributed by atoms with Gasteiger partial charge in [0.15, 0.2) is 0 Å². The first-order valence-corrected chi connectivity index (χ1v) is 6.29. The van der Waals surface area contributed by atoms with Crippen molar-refractivity contribution >= 4 is 5.91 Å². The van der Waals surface area contributed by atoms with Crippen LogP contribution in [0.2, 0.25) is 0 Å². The molecule has 0 spiro atoms. The Morgan fingerprint density at radius 1 is 1.44 bits per heavy atom. The summed E-state index contributed by atoms with van der Waals surface area (Å²) in [4.78, 5) is 13.8. The highest BCUT2D eigenvalue weighted by atomic mass is 16.5. The van der Waals surface area contributed by atoms with E-state index in [0.29, 0.717) is 19.1 Å². The zero-order valence-corrected chi connectivity index (χ0v) is 10.9. The van der Waals surface area contributed by atoms with E-state index in [9.17, 15) is 4.79 Å². The first-order chi connectivity index (χ1) is 8.72. The van der Waals surface area contributed by atoms with Crippen molar-refractivity contribution in [2.24, 2.45) is 5.92 Å². The lowest BCUT2D eigenvalue weighted by atomic mass is 10.1. The minimum atomic E-state index is -0.00185. The molecule has 2 rings (SSSR count). The lowest BCUT2D eigenvalue weighted by molar-refractivity contribution is -0.128. The van der Waals surface area contributed by atoms with Gasteiger partial charge in [0.2, 0.25) is 5.91 Å². The van der Waals surface area contributed by atoms with Crippen molar-refractivity contribution in [3.05, 3.63) is 35.9 Å². The standard InChI is InChI=1S/C14H20N2O2/c1-11(10-18-2)9-16-13(17)8-15-14(16)12-6-4-3-5-7-12/h3-7,11,14-15H,8-10H2,1-2H3. The van der Waals surface area contributed by atoms with Gasteiger partial charge in [-0.2, -0.15) is 0 Å². The predicted octanol–water partition coefficient (Wildman–Crippen LogP) is 1.40. The number of amides is 1. The van der Waals surface area contributed by atoms with E-state index in [1.165, 1.54) is 0 Å². The second kappa shape index (κ2) is 5.98. The molecule has 0 aliphatic carbocycles. The largest absolute Gasteiger partial charge is 0.384 e. The number of rotatable bonds is 5. The number of carbonyl (C=O) groups excluding carboxylic acids is 1. The van der Waals surface area contributed by atoms with Crippen molar-refractivity contribution < 1.29 is 9.53 Å². The first kappa shape index (κ1) is 13.1. The molecule has 1 N–H and O–H groups in total. The van der Waals surface area contributed by atoms with E-state index in [1.807, 2.05) is 35.2 Å². The summed E-state index contributed by atoms with van der Waals surface area (Å²) in [6.45, 7) is 3.90. The molecule has 1 saturated heterocycles. The third kappa shape index (κ3) is 2.89. The van der Waals surface area contributed by atoms with Gasteiger partial charge in [-0.15, -0.1) is 0 Å². The van der Waals surface area contributed by atoms with Gasteiger partial charge in [0.25, 0.3) is 0 Å². The number of ether oxygens (including phenoxy) is 1. The van der Waals surface area contributed by atoms with E-state index in [2.05, 4.69) is 12.2 Å². The molecule has 1 aromatic rings. The van der Waals surface area contributed by atoms with Crippen LogP contribution in [0.15, 0.2) is 30.3 Å². The summed E-state index contributed by atoms with van der Waals surface area (Å²) >= 11 is 0. The molecule has 0 bridgehead atoms. The Morgan fingerprint density at radius 3 is 2.83 bits per heavy atom. The monoisotopic (exact) mass is 248 g/mol. The molecule has 1 amide bonds. The van der Waals surface area contributed by atoms with Crippen LogP contribution >= 0.6 is 0 Å². The summed E-state index contributed by atoms with van der Waals surface area (Å²) in [5.74, 6) is 0.497. The number of benzene rings is 1. The van der Waals surface area contributed by atoms with Crippen LogP contribution < -0.4 is 5.32 Å². The summed E-state index contributed by atoms with van der Waals surface area (Å²) in [5, 5.41) is 3.26. The SMILES string of the molecule is COCC(C)CN1C(=O)CNC1c1ccccc1. The number of hydrogen-bond donors (Lipinski definition) is 1. The molecule has 18 heavy (non-hydrogen) atoms. The van der Waals surface area contributed by atoms with Crippen molar-refractivity contribution in [2.45, 2.75) is 13.1 Å². The molecule has 2 atom stereocenters. The maximum atomic E-state index is 11.9. The van der Waals surface area contributed by atoms with Gasteiger partial charge in [0.1, 0.15) is 6.17 Å². The van der Waals surface area contributed by atoms with Crippen molar-refractivity contribution in [3.8, 4) is 0 Å². The van der Waals surface area contributed by atoms with Gasteiger partial charge in [-0.3, -0.25) is 10.1 Å². The molecule has 2 unspecified atom stereocenters. The average molecular weight is 248 g/mol. The van der Waals surface area contributed by atoms with E-state index < -0.39 is 0 Å². The summed E-state index contributed by atoms with van der Waals surface area (Å²) in [6.07, 6.45) is -0.00185. The van der Waals surface area contributed by atoms with Crippen LogP contribution in [0.4, 0.5) is 0 Å². The fourth-order valence-corrected chi connectivity index (χ4v) is 2.35. The van der Waals surface area contributed by atoms with Gasteiger partial charge < -0.3 is 9.64 Å². The van der Waals surface area contributed by atoms with E-state index in [0.717, 1.165) is 12.1 Å². The van der Waals surface area contributed by atoms with Crippen LogP contribution in [-0.4, -0.2) is 37.6 Å². The van der Waals surface area contributed by atoms with Crippen LogP contribution in [0.3, 0.4) is 0 Å². The molecular weight excluding hydrogens is 228 g/mol. The normalized spacial score (nSPS) is 21.3. The molecule has 0 radical (unpaired) electrons. The molecular formula is C14H20N2O2. The van der Waals surface area contributed by atoms with E-state index in [4.69, 9.17) is 4.74 Å². The fraction of sp³-hybridized carbons (Fsp3) is 0.500. The maximum absolute atomic E-state index is 11.9. The Kier molecular flexibility index (Phi) is 4.33. The molecule has 4 heteroatoms. The molecule has 98 valence electrons. The molecule has 1 heterocycles. The van der Waals surface area contributed by atoms with E-state index in [1.54, 1.807) is 7.11 Å². The number of methoxy groups -OCH3 is 1. The second-order valence-electron chi connectivity index (χ2n) is 4.80. The maximum Gasteiger partial charge on any atom is 0.238 e. The van der Waals surface area contributed by atoms with Gasteiger partial charge in [0.05, 0.1) is 13.2 Å². The lowest BCUT2D eigenvalue weighted by Crippen LogP contribution is -2.35. The molecule has 0 aromatic heterocycles. The van der Waals surface area contributed by atoms with Crippen LogP contribution in [0, 0.1) is 5.92 Å². The lowest BCUT2D eigenvalue weighted by Gasteiger charge is -2.27. The number of carbonyl (C=O) groups is 1. The number of nitrogens with zero attached hydrogens (tertiary/aromatic N) is 1. The average Bonchev–Trinajstić information content (AvgIpc) is 2.73. The van der Waals surface area contributed by atoms with Crippen molar-refractivity contribution in [3.63, 3.8) is 0 Å². The van der Waals surface area contributed by atoms with Gasteiger partial charge in [-0.05, 0) is 11.5 Å². The third-order valence-corrected chi connectivity index (χ3v) is 3.15. The quantitative estimate of drug-likeness (QED) is 0.856. The van der Waals surface area contributed by atoms with Crippen LogP contribution in [0.1, 0.15) is 18.7 Å². The highest BCUT2D eigenvalue weighted by Gasteiger charge is 2.32. The van der Waals surface area contributed by atoms with Crippen LogP contribution in [0.25, 0.3) is 0 Å². The minimum absolute atomic E-state index is 0.00185. The zero-order chi connectivity index (χ0) is 13.0. The smallest absolute Gasteiger partial charge is 0.238 e. The summed E-state index contributed by atoms with van der Waals surface area (Å²) in [6, 6.07) is 10.1. The molecule has 1 aromatic carbocycles. The Labute approximate surface area is 108 Å². The predicted molar refractivity (Wildman–Crippen MR) is 69.9 cm³/mol. The Balaban J connectivity index is 2.08. The Bertz CT molecular complexity index is 394. The fourth-order valence-electron chi connectivity index (χ4n) is 2.35. The van der Waals surface area contributed by atoms with Crippen molar-refractivity contribution in [1.29, 1.82) is 0 Å². The summed E-state index contributed by atoms with van der Waals surface area (Å²) in [7, 11) is 1.69. The molecule has 4 nitrogen and oxygen atoms in total. The molecule has 1 aliphatic heterocycles. The Morgan fingerprint density at radius 2 is 2.17 bits per heavy atom. The Hall–Kier alpha value is -1.39. The molecule has 1 fully saturated rings. The van der Waals surface area contributed by atoms with Gasteiger partial charge in [-0.25, -0.2) is 0 Å². The van der Waals surface area contributed by atoms with Crippen LogP contribution in [-0.2, 0) is 9.53 Å². The first-order valence-electron chi connectivity index (χ1n) is 6.29. The second-order valence-corrected chi connectivity index (χ2v) is 4.80. The summed E-state index contributed by atoms with van der Waals surface area (Å²) in [5.41, 5.74) is 1.13. The summed E-state index contributed by atoms with van der Waals surface area (Å²) < 4.78 is 5.13. The minimum Gasteiger partial charge on any atom is -0.384 e. The topological polar surface area (TPSA) is 41.6 Å². The molecule has 0 saturated carbocycles. The van der Waals surface area contributed by atoms with E-state index >= 15 is 0 Å². The van der Waals surface area contributed by atoms with E-state index in [-0.39, 0.29) is 12.1 Å². The highest BCUT2D eigenvalue weighted by molar-refractivity contribution is 5.80. The third-order valence-electron chi connectivity index (χ3n) is 3.15. The highest BCUT2D eigenvalue weighted by Crippen LogP contribution is 2.23. The van der Waals surface area contributed by atoms with Gasteiger partial charge in [0, 0.05) is 13.7 Å². The van der Waals surface area contributed by atoms with Crippen molar-refractivity contribution in [1.82, 2.24) is 10.2 Å².